The Labute approximate surface area is 153 Å². The van der Waals surface area contributed by atoms with Crippen LogP contribution in [-0.2, 0) is 12.7 Å². The van der Waals surface area contributed by atoms with Gasteiger partial charge >= 0.3 is 12.2 Å². The predicted octanol–water partition coefficient (Wildman–Crippen LogP) is 3.07. The van der Waals surface area contributed by atoms with Gasteiger partial charge in [0.05, 0.1) is 11.8 Å². The fraction of sp³-hybridized carbons (Fsp3) is 0.444. The van der Waals surface area contributed by atoms with E-state index >= 15 is 0 Å². The van der Waals surface area contributed by atoms with Gasteiger partial charge in [-0.05, 0) is 17.9 Å². The van der Waals surface area contributed by atoms with Gasteiger partial charge < -0.3 is 4.90 Å². The molecule has 0 N–H and O–H groups in total. The lowest BCUT2D eigenvalue weighted by Crippen LogP contribution is -2.36. The van der Waals surface area contributed by atoms with E-state index in [9.17, 15) is 22.4 Å². The molecular weight excluding hydrogens is 364 g/mol. The second-order valence-corrected chi connectivity index (χ2v) is 7.16. The highest BCUT2D eigenvalue weighted by molar-refractivity contribution is 5.76. The molecule has 27 heavy (non-hydrogen) atoms. The van der Waals surface area contributed by atoms with E-state index in [0.717, 1.165) is 24.0 Å². The first kappa shape index (κ1) is 18.0. The van der Waals surface area contributed by atoms with Crippen LogP contribution in [0.15, 0.2) is 36.7 Å². The molecule has 4 rings (SSSR count). The minimum Gasteiger partial charge on any atom is -0.322 e. The van der Waals surface area contributed by atoms with Crippen molar-refractivity contribution in [1.29, 1.82) is 0 Å². The highest BCUT2D eigenvalue weighted by Gasteiger charge is 2.42. The van der Waals surface area contributed by atoms with E-state index in [0.29, 0.717) is 31.4 Å². The van der Waals surface area contributed by atoms with E-state index in [-0.39, 0.29) is 17.7 Å². The standard InChI is InChI=1S/C18H18F4N4O/c19-16-4-2-1-3-12(16)6-24-7-13-9-25(10-14(13)8-24)17(27)26-11-15(5-23-26)18(20,21)22/h1-5,11,13-14H,6-10H2. The zero-order valence-corrected chi connectivity index (χ0v) is 14.4. The number of rotatable bonds is 2. The number of nitrogens with zero attached hydrogens (tertiary/aromatic N) is 4. The third-order valence-electron chi connectivity index (χ3n) is 5.29. The number of aromatic nitrogens is 2. The molecule has 1 aromatic carbocycles. The fourth-order valence-electron chi connectivity index (χ4n) is 3.96. The number of hydrogen-bond acceptors (Lipinski definition) is 3. The molecule has 144 valence electrons. The quantitative estimate of drug-likeness (QED) is 0.750. The highest BCUT2D eigenvalue weighted by atomic mass is 19.4. The normalized spacial score (nSPS) is 23.0. The molecule has 0 radical (unpaired) electrons. The molecule has 3 heterocycles. The van der Waals surface area contributed by atoms with Gasteiger partial charge in [-0.25, -0.2) is 9.18 Å². The lowest BCUT2D eigenvalue weighted by atomic mass is 10.0. The number of benzene rings is 1. The summed E-state index contributed by atoms with van der Waals surface area (Å²) in [4.78, 5) is 16.1. The number of alkyl halides is 3. The maximum atomic E-state index is 13.8. The van der Waals surface area contributed by atoms with Gasteiger partial charge in [0.15, 0.2) is 0 Å². The van der Waals surface area contributed by atoms with Crippen molar-refractivity contribution in [3.63, 3.8) is 0 Å². The number of halogens is 4. The van der Waals surface area contributed by atoms with Gasteiger partial charge in [-0.2, -0.15) is 23.0 Å². The number of fused-ring (bicyclic) bond motifs is 1. The summed E-state index contributed by atoms with van der Waals surface area (Å²) in [5.74, 6) is 0.238. The maximum absolute atomic E-state index is 13.8. The average molecular weight is 382 g/mol. The van der Waals surface area contributed by atoms with Gasteiger partial charge in [0.25, 0.3) is 0 Å². The summed E-state index contributed by atoms with van der Waals surface area (Å²) in [5, 5.41) is 3.55. The number of amides is 1. The first-order valence-electron chi connectivity index (χ1n) is 8.68. The van der Waals surface area contributed by atoms with E-state index in [1.54, 1.807) is 23.1 Å². The minimum atomic E-state index is -4.52. The summed E-state index contributed by atoms with van der Waals surface area (Å²) >= 11 is 0. The molecule has 0 spiro atoms. The zero-order valence-electron chi connectivity index (χ0n) is 14.4. The van der Waals surface area contributed by atoms with E-state index in [4.69, 9.17) is 0 Å². The van der Waals surface area contributed by atoms with Crippen molar-refractivity contribution in [2.75, 3.05) is 26.2 Å². The van der Waals surface area contributed by atoms with Crippen LogP contribution in [0.3, 0.4) is 0 Å². The Kier molecular flexibility index (Phi) is 4.41. The van der Waals surface area contributed by atoms with Crippen LogP contribution < -0.4 is 0 Å². The molecule has 1 aromatic heterocycles. The van der Waals surface area contributed by atoms with Crippen LogP contribution in [0.5, 0.6) is 0 Å². The smallest absolute Gasteiger partial charge is 0.322 e. The monoisotopic (exact) mass is 382 g/mol. The van der Waals surface area contributed by atoms with E-state index in [1.165, 1.54) is 6.07 Å². The maximum Gasteiger partial charge on any atom is 0.419 e. The molecule has 0 bridgehead atoms. The van der Waals surface area contributed by atoms with Crippen molar-refractivity contribution in [2.24, 2.45) is 11.8 Å². The molecule has 2 unspecified atom stereocenters. The van der Waals surface area contributed by atoms with Gasteiger partial charge in [0, 0.05) is 44.5 Å². The molecule has 0 saturated carbocycles. The Balaban J connectivity index is 1.36. The Morgan fingerprint density at radius 3 is 2.37 bits per heavy atom. The van der Waals surface area contributed by atoms with Crippen LogP contribution in [0.25, 0.3) is 0 Å². The molecule has 2 atom stereocenters. The minimum absolute atomic E-state index is 0.231. The number of carbonyl (C=O) groups excluding carboxylic acids is 1. The average Bonchev–Trinajstić information content (AvgIpc) is 3.29. The first-order chi connectivity index (χ1) is 12.8. The van der Waals surface area contributed by atoms with Crippen molar-refractivity contribution in [3.05, 3.63) is 53.6 Å². The molecule has 2 fully saturated rings. The van der Waals surface area contributed by atoms with Crippen LogP contribution in [0.4, 0.5) is 22.4 Å². The lowest BCUT2D eigenvalue weighted by Gasteiger charge is -2.21. The fourth-order valence-corrected chi connectivity index (χ4v) is 3.96. The molecular formula is C18H18F4N4O. The third-order valence-corrected chi connectivity index (χ3v) is 5.29. The summed E-state index contributed by atoms with van der Waals surface area (Å²) in [7, 11) is 0. The lowest BCUT2D eigenvalue weighted by molar-refractivity contribution is -0.137. The van der Waals surface area contributed by atoms with Gasteiger partial charge in [0.1, 0.15) is 5.82 Å². The van der Waals surface area contributed by atoms with E-state index < -0.39 is 17.8 Å². The summed E-state index contributed by atoms with van der Waals surface area (Å²) < 4.78 is 52.6. The predicted molar refractivity (Wildman–Crippen MR) is 88.3 cm³/mol. The largest absolute Gasteiger partial charge is 0.419 e. The zero-order chi connectivity index (χ0) is 19.2. The van der Waals surface area contributed by atoms with Gasteiger partial charge in [-0.1, -0.05) is 18.2 Å². The second-order valence-electron chi connectivity index (χ2n) is 7.16. The third kappa shape index (κ3) is 3.55. The van der Waals surface area contributed by atoms with Crippen molar-refractivity contribution < 1.29 is 22.4 Å². The molecule has 5 nitrogen and oxygen atoms in total. The van der Waals surface area contributed by atoms with Crippen LogP contribution in [0.1, 0.15) is 11.1 Å². The van der Waals surface area contributed by atoms with Crippen LogP contribution >= 0.6 is 0 Å². The topological polar surface area (TPSA) is 41.4 Å². The van der Waals surface area contributed by atoms with Gasteiger partial charge in [-0.3, -0.25) is 4.90 Å². The Morgan fingerprint density at radius 1 is 1.11 bits per heavy atom. The van der Waals surface area contributed by atoms with Gasteiger partial charge in [0.2, 0.25) is 0 Å². The summed E-state index contributed by atoms with van der Waals surface area (Å²) in [5.41, 5.74) is -0.298. The van der Waals surface area contributed by atoms with Crippen molar-refractivity contribution in [1.82, 2.24) is 19.6 Å². The number of carbonyl (C=O) groups is 1. The SMILES string of the molecule is O=C(N1CC2CN(Cc3ccccc3F)CC2C1)n1cc(C(F)(F)F)cn1. The van der Waals surface area contributed by atoms with Crippen LogP contribution in [0, 0.1) is 17.7 Å². The molecule has 2 aromatic rings. The number of hydrogen-bond donors (Lipinski definition) is 0. The summed E-state index contributed by atoms with van der Waals surface area (Å²) in [6, 6.07) is 6.11. The summed E-state index contributed by atoms with van der Waals surface area (Å²) in [6.07, 6.45) is -3.14. The molecule has 0 aliphatic carbocycles. The first-order valence-corrected chi connectivity index (χ1v) is 8.68. The second kappa shape index (κ2) is 6.63. The Morgan fingerprint density at radius 2 is 1.78 bits per heavy atom. The molecule has 2 aliphatic rings. The van der Waals surface area contributed by atoms with E-state index in [2.05, 4.69) is 10.00 Å². The highest BCUT2D eigenvalue weighted by Crippen LogP contribution is 2.33. The van der Waals surface area contributed by atoms with Crippen LogP contribution in [0.2, 0.25) is 0 Å². The summed E-state index contributed by atoms with van der Waals surface area (Å²) in [6.45, 7) is 2.92. The van der Waals surface area contributed by atoms with Crippen molar-refractivity contribution in [3.8, 4) is 0 Å². The van der Waals surface area contributed by atoms with Crippen molar-refractivity contribution >= 4 is 6.03 Å². The van der Waals surface area contributed by atoms with Crippen LogP contribution in [-0.4, -0.2) is 51.8 Å². The Bertz CT molecular complexity index is 836. The number of likely N-dealkylation sites (tertiary alicyclic amines) is 2. The molecule has 2 saturated heterocycles. The molecule has 9 heteroatoms. The Hall–Kier alpha value is -2.42. The molecule has 2 aliphatic heterocycles. The van der Waals surface area contributed by atoms with Gasteiger partial charge in [-0.15, -0.1) is 0 Å². The molecule has 1 amide bonds. The van der Waals surface area contributed by atoms with E-state index in [1.807, 2.05) is 0 Å². The van der Waals surface area contributed by atoms with Crippen molar-refractivity contribution in [2.45, 2.75) is 12.7 Å².